The fourth-order valence-corrected chi connectivity index (χ4v) is 6.84. The molecule has 2 saturated heterocycles. The lowest BCUT2D eigenvalue weighted by Gasteiger charge is -2.34. The third-order valence-corrected chi connectivity index (χ3v) is 8.82. The van der Waals surface area contributed by atoms with Gasteiger partial charge in [0.2, 0.25) is 17.7 Å². The molecule has 2 bridgehead atoms. The van der Waals surface area contributed by atoms with Crippen LogP contribution in [0.3, 0.4) is 0 Å². The molecular weight excluding hydrogens is 504 g/mol. The van der Waals surface area contributed by atoms with E-state index in [2.05, 4.69) is 22.5 Å². The maximum atomic E-state index is 14.0. The fourth-order valence-electron chi connectivity index (χ4n) is 6.64. The summed E-state index contributed by atoms with van der Waals surface area (Å²) >= 11 is 6.11. The normalized spacial score (nSPS) is 30.2. The highest BCUT2D eigenvalue weighted by atomic mass is 35.5. The largest absolute Gasteiger partial charge is 0.359 e. The van der Waals surface area contributed by atoms with Gasteiger partial charge < -0.3 is 25.2 Å². The van der Waals surface area contributed by atoms with E-state index >= 15 is 0 Å². The minimum absolute atomic E-state index is 0.111. The summed E-state index contributed by atoms with van der Waals surface area (Å²) in [6, 6.07) is 6.25. The van der Waals surface area contributed by atoms with Gasteiger partial charge in [0, 0.05) is 29.8 Å². The van der Waals surface area contributed by atoms with Gasteiger partial charge in [-0.15, -0.1) is 0 Å². The first-order valence-electron chi connectivity index (χ1n) is 14.1. The Morgan fingerprint density at radius 2 is 1.97 bits per heavy atom. The molecule has 0 aromatic heterocycles. The number of fused-ring (bicyclic) bond motifs is 1. The van der Waals surface area contributed by atoms with Gasteiger partial charge in [-0.25, -0.2) is 0 Å². The number of carbonyl (C=O) groups excluding carboxylic acids is 3. The van der Waals surface area contributed by atoms with Crippen LogP contribution in [0.25, 0.3) is 0 Å². The number of amides is 3. The van der Waals surface area contributed by atoms with Crippen LogP contribution in [0, 0.1) is 11.8 Å². The molecule has 1 aromatic rings. The first kappa shape index (κ1) is 27.2. The molecule has 1 aliphatic carbocycles. The number of likely N-dealkylation sites (N-methyl/N-ethyl adjacent to an activating group) is 1. The predicted molar refractivity (Wildman–Crippen MR) is 147 cm³/mol. The number of hydrogen-bond donors (Lipinski definition) is 2. The van der Waals surface area contributed by atoms with Crippen molar-refractivity contribution in [1.29, 1.82) is 0 Å². The molecule has 1 spiro atoms. The molecule has 0 radical (unpaired) electrons. The van der Waals surface area contributed by atoms with Crippen LogP contribution in [0.1, 0.15) is 51.9 Å². The van der Waals surface area contributed by atoms with E-state index in [1.807, 2.05) is 19.2 Å². The molecule has 5 unspecified atom stereocenters. The predicted octanol–water partition coefficient (Wildman–Crippen LogP) is 3.61. The number of rotatable bonds is 10. The van der Waals surface area contributed by atoms with Crippen molar-refractivity contribution >= 4 is 35.0 Å². The molecule has 5 rings (SSSR count). The van der Waals surface area contributed by atoms with Crippen molar-refractivity contribution in [2.24, 2.45) is 11.8 Å². The van der Waals surface area contributed by atoms with Gasteiger partial charge in [0.05, 0.1) is 17.9 Å². The zero-order chi connectivity index (χ0) is 26.9. The highest BCUT2D eigenvalue weighted by molar-refractivity contribution is 6.30. The second-order valence-corrected chi connectivity index (χ2v) is 11.7. The molecule has 3 fully saturated rings. The Morgan fingerprint density at radius 1 is 1.18 bits per heavy atom. The van der Waals surface area contributed by atoms with Gasteiger partial charge in [0.15, 0.2) is 0 Å². The van der Waals surface area contributed by atoms with Gasteiger partial charge in [-0.05, 0) is 51.1 Å². The minimum Gasteiger partial charge on any atom is -0.359 e. The van der Waals surface area contributed by atoms with Crippen LogP contribution in [0.15, 0.2) is 36.4 Å². The van der Waals surface area contributed by atoms with E-state index in [1.165, 1.54) is 6.42 Å². The summed E-state index contributed by atoms with van der Waals surface area (Å²) in [4.78, 5) is 45.3. The molecule has 3 aliphatic heterocycles. The van der Waals surface area contributed by atoms with Crippen molar-refractivity contribution in [3.63, 3.8) is 0 Å². The Kier molecular flexibility index (Phi) is 8.12. The summed E-state index contributed by atoms with van der Waals surface area (Å²) in [7, 11) is 2.04. The molecule has 38 heavy (non-hydrogen) atoms. The quantitative estimate of drug-likeness (QED) is 0.441. The van der Waals surface area contributed by atoms with E-state index < -0.39 is 29.6 Å². The average Bonchev–Trinajstić information content (AvgIpc) is 3.54. The molecule has 3 amide bonds. The molecule has 3 heterocycles. The van der Waals surface area contributed by atoms with E-state index in [4.69, 9.17) is 16.3 Å². The standard InChI is InChI=1S/C29H39ClN4O4/c1-3-4-15-33(2)16-17-34-25(27(36)31-20-10-6-5-7-11-20)29-14-13-22(38-29)23(24(29)28(34)37)26(35)32-21-12-8-9-19(30)18-21/h8-9,12-14,18,20,22-25H,3-7,10-11,15-17H2,1-2H3,(H,31,36)(H,32,35). The van der Waals surface area contributed by atoms with Crippen molar-refractivity contribution in [2.75, 3.05) is 32.0 Å². The molecular formula is C29H39ClN4O4. The summed E-state index contributed by atoms with van der Waals surface area (Å²) in [5.41, 5.74) is -0.575. The number of carbonyl (C=O) groups is 3. The van der Waals surface area contributed by atoms with Crippen LogP contribution >= 0.6 is 11.6 Å². The lowest BCUT2D eigenvalue weighted by Crippen LogP contribution is -2.57. The van der Waals surface area contributed by atoms with Crippen molar-refractivity contribution < 1.29 is 19.1 Å². The van der Waals surface area contributed by atoms with Crippen molar-refractivity contribution in [2.45, 2.75) is 75.7 Å². The Hall–Kier alpha value is -2.42. The Morgan fingerprint density at radius 3 is 2.71 bits per heavy atom. The lowest BCUT2D eigenvalue weighted by molar-refractivity contribution is -0.141. The maximum absolute atomic E-state index is 14.0. The number of ether oxygens (including phenoxy) is 1. The third kappa shape index (κ3) is 5.10. The number of nitrogens with zero attached hydrogens (tertiary/aromatic N) is 2. The third-order valence-electron chi connectivity index (χ3n) is 8.58. The maximum Gasteiger partial charge on any atom is 0.246 e. The average molecular weight is 543 g/mol. The number of halogens is 1. The molecule has 5 atom stereocenters. The molecule has 1 saturated carbocycles. The fraction of sp³-hybridized carbons (Fsp3) is 0.621. The minimum atomic E-state index is -1.14. The summed E-state index contributed by atoms with van der Waals surface area (Å²) in [5.74, 6) is -2.13. The van der Waals surface area contributed by atoms with Crippen LogP contribution < -0.4 is 10.6 Å². The van der Waals surface area contributed by atoms with E-state index in [9.17, 15) is 14.4 Å². The first-order valence-corrected chi connectivity index (χ1v) is 14.4. The number of hydrogen-bond acceptors (Lipinski definition) is 5. The number of nitrogens with one attached hydrogen (secondary N) is 2. The van der Waals surface area contributed by atoms with Gasteiger partial charge >= 0.3 is 0 Å². The monoisotopic (exact) mass is 542 g/mol. The summed E-state index contributed by atoms with van der Waals surface area (Å²) < 4.78 is 6.44. The summed E-state index contributed by atoms with van der Waals surface area (Å²) in [5, 5.41) is 6.67. The Balaban J connectivity index is 1.40. The zero-order valence-electron chi connectivity index (χ0n) is 22.3. The first-order chi connectivity index (χ1) is 18.3. The van der Waals surface area contributed by atoms with Crippen molar-refractivity contribution in [1.82, 2.24) is 15.1 Å². The number of likely N-dealkylation sites (tertiary alicyclic amines) is 1. The second kappa shape index (κ2) is 11.4. The molecule has 4 aliphatic rings. The van der Waals surface area contributed by atoms with Crippen LogP contribution in [0.4, 0.5) is 5.69 Å². The molecule has 9 heteroatoms. The van der Waals surface area contributed by atoms with Crippen LogP contribution in [-0.4, -0.2) is 78.0 Å². The summed E-state index contributed by atoms with van der Waals surface area (Å²) in [6.07, 6.45) is 10.6. The smallest absolute Gasteiger partial charge is 0.246 e. The molecule has 1 aromatic carbocycles. The number of unbranched alkanes of at least 4 members (excludes halogenated alkanes) is 1. The zero-order valence-corrected chi connectivity index (χ0v) is 23.1. The van der Waals surface area contributed by atoms with Crippen LogP contribution in [0.2, 0.25) is 5.02 Å². The van der Waals surface area contributed by atoms with E-state index in [-0.39, 0.29) is 23.8 Å². The lowest BCUT2D eigenvalue weighted by atomic mass is 9.74. The second-order valence-electron chi connectivity index (χ2n) is 11.2. The van der Waals surface area contributed by atoms with Gasteiger partial charge in [0.25, 0.3) is 0 Å². The summed E-state index contributed by atoms with van der Waals surface area (Å²) in [6.45, 7) is 4.13. The van der Waals surface area contributed by atoms with E-state index in [0.29, 0.717) is 23.8 Å². The number of anilines is 1. The van der Waals surface area contributed by atoms with E-state index in [0.717, 1.165) is 45.1 Å². The van der Waals surface area contributed by atoms with Crippen LogP contribution in [0.5, 0.6) is 0 Å². The van der Waals surface area contributed by atoms with Gasteiger partial charge in [0.1, 0.15) is 11.6 Å². The number of benzene rings is 1. The highest BCUT2D eigenvalue weighted by Gasteiger charge is 2.72. The topological polar surface area (TPSA) is 91.0 Å². The van der Waals surface area contributed by atoms with Gasteiger partial charge in [-0.1, -0.05) is 62.4 Å². The van der Waals surface area contributed by atoms with Gasteiger partial charge in [-0.2, -0.15) is 0 Å². The SMILES string of the molecule is CCCCN(C)CCN1C(=O)C2C(C(=O)Nc3cccc(Cl)c3)C3C=CC2(O3)C1C(=O)NC1CCCCC1. The molecule has 206 valence electrons. The van der Waals surface area contributed by atoms with Crippen molar-refractivity contribution in [3.8, 4) is 0 Å². The molecule has 8 nitrogen and oxygen atoms in total. The van der Waals surface area contributed by atoms with Crippen molar-refractivity contribution in [3.05, 3.63) is 41.4 Å². The Bertz CT molecular complexity index is 1090. The van der Waals surface area contributed by atoms with Gasteiger partial charge in [-0.3, -0.25) is 14.4 Å². The van der Waals surface area contributed by atoms with E-state index in [1.54, 1.807) is 29.2 Å². The van der Waals surface area contributed by atoms with Crippen LogP contribution in [-0.2, 0) is 19.1 Å². The Labute approximate surface area is 230 Å². The highest BCUT2D eigenvalue weighted by Crippen LogP contribution is 2.55. The molecule has 2 N–H and O–H groups in total.